The molecule has 0 aromatic heterocycles. The molecule has 0 atom stereocenters. The largest absolute Gasteiger partial charge is 0.497 e. The van der Waals surface area contributed by atoms with Crippen LogP contribution in [-0.4, -0.2) is 45.3 Å². The molecule has 23 heavy (non-hydrogen) atoms. The smallest absolute Gasteiger partial charge is 0.191 e. The summed E-state index contributed by atoms with van der Waals surface area (Å²) in [5.41, 5.74) is 1.03. The molecule has 0 saturated carbocycles. The minimum absolute atomic E-state index is 0. The van der Waals surface area contributed by atoms with Gasteiger partial charge in [-0.3, -0.25) is 0 Å². The van der Waals surface area contributed by atoms with Crippen LogP contribution in [0.3, 0.4) is 0 Å². The summed E-state index contributed by atoms with van der Waals surface area (Å²) in [5, 5.41) is 6.60. The lowest BCUT2D eigenvalue weighted by Crippen LogP contribution is -2.37. The molecule has 0 spiro atoms. The van der Waals surface area contributed by atoms with Crippen molar-refractivity contribution in [1.82, 2.24) is 10.6 Å². The van der Waals surface area contributed by atoms with Crippen LogP contribution in [0.4, 0.5) is 0 Å². The molecule has 1 aromatic carbocycles. The lowest BCUT2D eigenvalue weighted by Gasteiger charge is -2.12. The Kier molecular flexibility index (Phi) is 13.1. The van der Waals surface area contributed by atoms with Gasteiger partial charge in [-0.25, -0.2) is 4.99 Å². The number of benzene rings is 1. The maximum absolute atomic E-state index is 5.40. The second-order valence-electron chi connectivity index (χ2n) is 4.65. The standard InChI is InChI=1S/C16H27N3O2S.HI/c1-5-17-16(18-9-6-10-22-4)19-12-13-7-8-14(20-2)11-15(13)21-3;/h7-8,11H,5-6,9-10,12H2,1-4H3,(H2,17,18,19);1H. The van der Waals surface area contributed by atoms with E-state index in [1.54, 1.807) is 14.2 Å². The average molecular weight is 453 g/mol. The van der Waals surface area contributed by atoms with Gasteiger partial charge in [0, 0.05) is 24.7 Å². The lowest BCUT2D eigenvalue weighted by molar-refractivity contribution is 0.391. The van der Waals surface area contributed by atoms with Crippen LogP contribution < -0.4 is 20.1 Å². The Morgan fingerprint density at radius 2 is 2.00 bits per heavy atom. The number of guanidine groups is 1. The van der Waals surface area contributed by atoms with Crippen molar-refractivity contribution in [2.24, 2.45) is 4.99 Å². The van der Waals surface area contributed by atoms with Crippen LogP contribution in [0.25, 0.3) is 0 Å². The molecule has 2 N–H and O–H groups in total. The van der Waals surface area contributed by atoms with E-state index < -0.39 is 0 Å². The van der Waals surface area contributed by atoms with E-state index in [-0.39, 0.29) is 24.0 Å². The molecule has 5 nitrogen and oxygen atoms in total. The quantitative estimate of drug-likeness (QED) is 0.261. The zero-order chi connectivity index (χ0) is 16.2. The second kappa shape index (κ2) is 13.6. The number of nitrogens with zero attached hydrogens (tertiary/aromatic N) is 1. The molecule has 132 valence electrons. The normalized spacial score (nSPS) is 10.7. The number of ether oxygens (including phenoxy) is 2. The van der Waals surface area contributed by atoms with E-state index in [1.165, 1.54) is 0 Å². The van der Waals surface area contributed by atoms with E-state index in [0.29, 0.717) is 6.54 Å². The number of hydrogen-bond donors (Lipinski definition) is 2. The number of thioether (sulfide) groups is 1. The van der Waals surface area contributed by atoms with Crippen LogP contribution in [0.5, 0.6) is 11.5 Å². The summed E-state index contributed by atoms with van der Waals surface area (Å²) in [4.78, 5) is 4.61. The first-order valence-electron chi connectivity index (χ1n) is 7.47. The third-order valence-electron chi connectivity index (χ3n) is 3.06. The van der Waals surface area contributed by atoms with Gasteiger partial charge in [0.05, 0.1) is 20.8 Å². The summed E-state index contributed by atoms with van der Waals surface area (Å²) >= 11 is 1.86. The minimum atomic E-state index is 0. The highest BCUT2D eigenvalue weighted by atomic mass is 127. The van der Waals surface area contributed by atoms with Gasteiger partial charge in [0.15, 0.2) is 5.96 Å². The van der Waals surface area contributed by atoms with Crippen LogP contribution in [-0.2, 0) is 6.54 Å². The lowest BCUT2D eigenvalue weighted by atomic mass is 10.2. The summed E-state index contributed by atoms with van der Waals surface area (Å²) in [6.07, 6.45) is 3.24. The van der Waals surface area contributed by atoms with Crippen molar-refractivity contribution in [3.05, 3.63) is 23.8 Å². The summed E-state index contributed by atoms with van der Waals surface area (Å²) in [5.74, 6) is 3.56. The summed E-state index contributed by atoms with van der Waals surface area (Å²) in [6.45, 7) is 4.39. The fourth-order valence-corrected chi connectivity index (χ4v) is 2.34. The Bertz CT molecular complexity index is 473. The Hall–Kier alpha value is -0.830. The number of rotatable bonds is 9. The molecule has 0 fully saturated rings. The van der Waals surface area contributed by atoms with Gasteiger partial charge >= 0.3 is 0 Å². The van der Waals surface area contributed by atoms with Crippen molar-refractivity contribution in [3.63, 3.8) is 0 Å². The Morgan fingerprint density at radius 1 is 1.22 bits per heavy atom. The van der Waals surface area contributed by atoms with E-state index in [1.807, 2.05) is 30.0 Å². The average Bonchev–Trinajstić information content (AvgIpc) is 2.56. The van der Waals surface area contributed by atoms with Crippen molar-refractivity contribution < 1.29 is 9.47 Å². The van der Waals surface area contributed by atoms with Gasteiger partial charge in [-0.2, -0.15) is 11.8 Å². The Labute approximate surface area is 161 Å². The zero-order valence-electron chi connectivity index (χ0n) is 14.3. The van der Waals surface area contributed by atoms with E-state index >= 15 is 0 Å². The Balaban J connectivity index is 0.00000484. The molecule has 1 aromatic rings. The number of hydrogen-bond acceptors (Lipinski definition) is 4. The molecule has 0 aliphatic rings. The first-order chi connectivity index (χ1) is 10.7. The fraction of sp³-hybridized carbons (Fsp3) is 0.562. The van der Waals surface area contributed by atoms with E-state index in [0.717, 1.165) is 48.3 Å². The molecule has 7 heteroatoms. The highest BCUT2D eigenvalue weighted by molar-refractivity contribution is 14.0. The molecule has 0 aliphatic heterocycles. The van der Waals surface area contributed by atoms with E-state index in [2.05, 4.69) is 28.8 Å². The van der Waals surface area contributed by atoms with Crippen molar-refractivity contribution in [3.8, 4) is 11.5 Å². The van der Waals surface area contributed by atoms with E-state index in [4.69, 9.17) is 9.47 Å². The number of nitrogens with one attached hydrogen (secondary N) is 2. The molecule has 0 saturated heterocycles. The maximum atomic E-state index is 5.40. The van der Waals surface area contributed by atoms with Gasteiger partial charge in [-0.05, 0) is 37.5 Å². The second-order valence-corrected chi connectivity index (χ2v) is 5.63. The number of methoxy groups -OCH3 is 2. The summed E-state index contributed by atoms with van der Waals surface area (Å²) in [7, 11) is 3.31. The number of halogens is 1. The van der Waals surface area contributed by atoms with Gasteiger partial charge in [-0.15, -0.1) is 24.0 Å². The van der Waals surface area contributed by atoms with Crippen molar-refractivity contribution in [2.45, 2.75) is 19.9 Å². The van der Waals surface area contributed by atoms with Crippen LogP contribution in [0, 0.1) is 0 Å². The summed E-state index contributed by atoms with van der Waals surface area (Å²) in [6, 6.07) is 5.79. The molecule has 0 unspecified atom stereocenters. The third-order valence-corrected chi connectivity index (χ3v) is 3.76. The van der Waals surface area contributed by atoms with Gasteiger partial charge in [0.2, 0.25) is 0 Å². The molecule has 0 amide bonds. The van der Waals surface area contributed by atoms with Crippen LogP contribution in [0.2, 0.25) is 0 Å². The predicted molar refractivity (Wildman–Crippen MR) is 111 cm³/mol. The van der Waals surface area contributed by atoms with E-state index in [9.17, 15) is 0 Å². The van der Waals surface area contributed by atoms with Gasteiger partial charge in [0.1, 0.15) is 11.5 Å². The predicted octanol–water partition coefficient (Wildman–Crippen LogP) is 3.13. The highest BCUT2D eigenvalue weighted by Crippen LogP contribution is 2.25. The topological polar surface area (TPSA) is 54.9 Å². The zero-order valence-corrected chi connectivity index (χ0v) is 17.5. The van der Waals surface area contributed by atoms with Gasteiger partial charge in [0.25, 0.3) is 0 Å². The monoisotopic (exact) mass is 453 g/mol. The third kappa shape index (κ3) is 8.55. The minimum Gasteiger partial charge on any atom is -0.497 e. The molecule has 1 rings (SSSR count). The van der Waals surface area contributed by atoms with Crippen molar-refractivity contribution >= 4 is 41.7 Å². The highest BCUT2D eigenvalue weighted by Gasteiger charge is 2.05. The van der Waals surface area contributed by atoms with Crippen LogP contribution >= 0.6 is 35.7 Å². The van der Waals surface area contributed by atoms with Crippen LogP contribution in [0.15, 0.2) is 23.2 Å². The molecule has 0 bridgehead atoms. The molecular weight excluding hydrogens is 425 g/mol. The fourth-order valence-electron chi connectivity index (χ4n) is 1.91. The molecule has 0 heterocycles. The first kappa shape index (κ1) is 22.2. The van der Waals surface area contributed by atoms with Crippen molar-refractivity contribution in [1.29, 1.82) is 0 Å². The van der Waals surface area contributed by atoms with Crippen LogP contribution in [0.1, 0.15) is 18.9 Å². The first-order valence-corrected chi connectivity index (χ1v) is 8.86. The molecular formula is C16H28IN3O2S. The molecule has 0 aliphatic carbocycles. The maximum Gasteiger partial charge on any atom is 0.191 e. The SMILES string of the molecule is CCNC(=NCc1ccc(OC)cc1OC)NCCCSC.I. The number of aliphatic imine (C=N–C) groups is 1. The van der Waals surface area contributed by atoms with Gasteiger partial charge in [-0.1, -0.05) is 0 Å². The molecule has 0 radical (unpaired) electrons. The van der Waals surface area contributed by atoms with Gasteiger partial charge < -0.3 is 20.1 Å². The van der Waals surface area contributed by atoms with Crippen molar-refractivity contribution in [2.75, 3.05) is 39.3 Å². The summed E-state index contributed by atoms with van der Waals surface area (Å²) < 4.78 is 10.6. The Morgan fingerprint density at radius 3 is 2.61 bits per heavy atom.